The first-order valence-corrected chi connectivity index (χ1v) is 10.0. The van der Waals surface area contributed by atoms with Gasteiger partial charge in [0.1, 0.15) is 5.75 Å². The van der Waals surface area contributed by atoms with Crippen LogP contribution in [0.2, 0.25) is 5.02 Å². The summed E-state index contributed by atoms with van der Waals surface area (Å²) in [4.78, 5) is 13.7. The second kappa shape index (κ2) is 8.69. The monoisotopic (exact) mass is 423 g/mol. The van der Waals surface area contributed by atoms with Crippen LogP contribution in [0.15, 0.2) is 30.6 Å². The lowest BCUT2D eigenvalue weighted by molar-refractivity contribution is 0.255. The summed E-state index contributed by atoms with van der Waals surface area (Å²) in [6.45, 7) is 9.08. The van der Waals surface area contributed by atoms with E-state index in [1.165, 1.54) is 12.4 Å². The molecule has 1 fully saturated rings. The number of nitrogens with one attached hydrogen (secondary N) is 2. The van der Waals surface area contributed by atoms with Crippen LogP contribution in [-0.4, -0.2) is 52.3 Å². The highest BCUT2D eigenvalue weighted by Crippen LogP contribution is 2.40. The highest BCUT2D eigenvalue weighted by atomic mass is 35.5. The summed E-state index contributed by atoms with van der Waals surface area (Å²) in [6.07, 6.45) is 5.08. The zero-order valence-corrected chi connectivity index (χ0v) is 17.6. The van der Waals surface area contributed by atoms with Crippen molar-refractivity contribution in [1.82, 2.24) is 25.1 Å². The van der Waals surface area contributed by atoms with Crippen LogP contribution in [0, 0.1) is 6.57 Å². The first-order valence-electron chi connectivity index (χ1n) is 9.65. The fourth-order valence-corrected chi connectivity index (χ4v) is 4.00. The van der Waals surface area contributed by atoms with Gasteiger partial charge in [0.05, 0.1) is 19.0 Å². The predicted octanol–water partition coefficient (Wildman–Crippen LogP) is 4.63. The van der Waals surface area contributed by atoms with Crippen LogP contribution in [-0.2, 0) is 0 Å². The van der Waals surface area contributed by atoms with Crippen molar-refractivity contribution in [2.45, 2.75) is 18.8 Å². The van der Waals surface area contributed by atoms with Gasteiger partial charge in [-0.25, -0.2) is 4.98 Å². The van der Waals surface area contributed by atoms with Crippen molar-refractivity contribution >= 4 is 29.1 Å². The SMILES string of the molecule is [C-]#[N+]c1cnc(Nc2cc(-c3cc(Cl)c(C4CCN(C)CC4)cc3OC)[nH]n2)cn1. The number of anilines is 2. The van der Waals surface area contributed by atoms with Crippen LogP contribution >= 0.6 is 11.6 Å². The van der Waals surface area contributed by atoms with Crippen LogP contribution in [0.4, 0.5) is 17.5 Å². The molecule has 0 radical (unpaired) electrons. The van der Waals surface area contributed by atoms with Crippen LogP contribution in [0.1, 0.15) is 24.3 Å². The number of H-pyrrole nitrogens is 1. The molecule has 8 nitrogen and oxygen atoms in total. The molecule has 3 aromatic rings. The molecule has 1 saturated heterocycles. The Morgan fingerprint density at radius 1 is 1.20 bits per heavy atom. The topological polar surface area (TPSA) is 83.3 Å². The molecule has 0 atom stereocenters. The Bertz CT molecular complexity index is 1070. The molecule has 0 saturated carbocycles. The summed E-state index contributed by atoms with van der Waals surface area (Å²) in [6, 6.07) is 5.85. The van der Waals surface area contributed by atoms with Crippen molar-refractivity contribution in [3.63, 3.8) is 0 Å². The fraction of sp³-hybridized carbons (Fsp3) is 0.333. The standard InChI is InChI=1S/C21H22ClN7O/c1-23-20-11-25-21(12-24-20)26-19-10-17(27-28-19)15-8-16(22)14(9-18(15)30-3)13-4-6-29(2)7-5-13/h8-13H,4-7H2,2-3H3,(H2,25,26,27,28). The van der Waals surface area contributed by atoms with Gasteiger partial charge in [-0.2, -0.15) is 5.10 Å². The molecule has 0 unspecified atom stereocenters. The minimum absolute atomic E-state index is 0.243. The smallest absolute Gasteiger partial charge is 0.288 e. The van der Waals surface area contributed by atoms with E-state index in [1.54, 1.807) is 7.11 Å². The minimum Gasteiger partial charge on any atom is -0.496 e. The van der Waals surface area contributed by atoms with Crippen molar-refractivity contribution in [3.05, 3.63) is 52.6 Å². The largest absolute Gasteiger partial charge is 0.496 e. The molecule has 4 rings (SSSR count). The fourth-order valence-electron chi connectivity index (χ4n) is 3.68. The summed E-state index contributed by atoms with van der Waals surface area (Å²) in [5.41, 5.74) is 2.75. The maximum Gasteiger partial charge on any atom is 0.288 e. The Hall–Kier alpha value is -3.15. The van der Waals surface area contributed by atoms with Gasteiger partial charge in [0.2, 0.25) is 0 Å². The third-order valence-electron chi connectivity index (χ3n) is 5.35. The summed E-state index contributed by atoms with van der Waals surface area (Å²) in [7, 11) is 3.81. The number of likely N-dealkylation sites (tertiary alicyclic amines) is 1. The zero-order valence-electron chi connectivity index (χ0n) is 16.8. The van der Waals surface area contributed by atoms with E-state index in [1.807, 2.05) is 12.1 Å². The van der Waals surface area contributed by atoms with Gasteiger partial charge in [-0.05, 0) is 56.6 Å². The number of aromatic nitrogens is 4. The number of halogens is 1. The third-order valence-corrected chi connectivity index (χ3v) is 5.68. The van der Waals surface area contributed by atoms with Crippen molar-refractivity contribution < 1.29 is 4.74 Å². The summed E-state index contributed by atoms with van der Waals surface area (Å²) in [5, 5.41) is 11.1. The first kappa shape index (κ1) is 20.1. The van der Waals surface area contributed by atoms with Crippen molar-refractivity contribution in [2.75, 3.05) is 32.6 Å². The van der Waals surface area contributed by atoms with Gasteiger partial charge in [0.25, 0.3) is 5.82 Å². The molecule has 0 aliphatic carbocycles. The van der Waals surface area contributed by atoms with Gasteiger partial charge in [-0.3, -0.25) is 5.10 Å². The second-order valence-corrected chi connectivity index (χ2v) is 7.72. The van der Waals surface area contributed by atoms with E-state index in [9.17, 15) is 0 Å². The molecular weight excluding hydrogens is 402 g/mol. The Morgan fingerprint density at radius 2 is 2.00 bits per heavy atom. The maximum atomic E-state index is 6.94. The van der Waals surface area contributed by atoms with Crippen LogP contribution < -0.4 is 10.1 Å². The molecule has 1 aliphatic rings. The molecule has 0 bridgehead atoms. The van der Waals surface area contributed by atoms with E-state index in [2.05, 4.69) is 48.3 Å². The Labute approximate surface area is 180 Å². The first-order chi connectivity index (χ1) is 14.6. The second-order valence-electron chi connectivity index (χ2n) is 7.32. The Kier molecular flexibility index (Phi) is 5.84. The number of rotatable bonds is 5. The molecule has 2 aromatic heterocycles. The van der Waals surface area contributed by atoms with E-state index in [0.29, 0.717) is 17.6 Å². The molecule has 30 heavy (non-hydrogen) atoms. The lowest BCUT2D eigenvalue weighted by atomic mass is 9.88. The average Bonchev–Trinajstić information content (AvgIpc) is 3.23. The van der Waals surface area contributed by atoms with E-state index in [4.69, 9.17) is 22.9 Å². The van der Waals surface area contributed by atoms with Crippen molar-refractivity contribution in [1.29, 1.82) is 0 Å². The quantitative estimate of drug-likeness (QED) is 0.582. The molecule has 3 heterocycles. The van der Waals surface area contributed by atoms with Gasteiger partial charge in [0, 0.05) is 16.7 Å². The molecule has 2 N–H and O–H groups in total. The molecule has 9 heteroatoms. The Balaban J connectivity index is 1.57. The number of ether oxygens (including phenoxy) is 1. The normalized spacial score (nSPS) is 15.0. The van der Waals surface area contributed by atoms with Gasteiger partial charge in [0.15, 0.2) is 17.8 Å². The zero-order chi connectivity index (χ0) is 21.1. The van der Waals surface area contributed by atoms with E-state index in [0.717, 1.165) is 53.5 Å². The van der Waals surface area contributed by atoms with Crippen molar-refractivity contribution in [3.8, 4) is 17.0 Å². The number of hydrogen-bond donors (Lipinski definition) is 2. The number of piperidine rings is 1. The number of nitrogens with zero attached hydrogens (tertiary/aromatic N) is 5. The van der Waals surface area contributed by atoms with Crippen LogP contribution in [0.3, 0.4) is 0 Å². The number of methoxy groups -OCH3 is 1. The summed E-state index contributed by atoms with van der Waals surface area (Å²) in [5.74, 6) is 2.51. The highest BCUT2D eigenvalue weighted by molar-refractivity contribution is 6.31. The molecular formula is C21H22ClN7O. The molecule has 0 spiro atoms. The number of benzene rings is 1. The average molecular weight is 424 g/mol. The molecule has 0 amide bonds. The lowest BCUT2D eigenvalue weighted by Gasteiger charge is -2.30. The highest BCUT2D eigenvalue weighted by Gasteiger charge is 2.23. The summed E-state index contributed by atoms with van der Waals surface area (Å²) >= 11 is 6.68. The minimum atomic E-state index is 0.243. The Morgan fingerprint density at radius 3 is 2.67 bits per heavy atom. The predicted molar refractivity (Wildman–Crippen MR) is 117 cm³/mol. The maximum absolute atomic E-state index is 6.94. The van der Waals surface area contributed by atoms with Crippen LogP contribution in [0.5, 0.6) is 5.75 Å². The van der Waals surface area contributed by atoms with E-state index < -0.39 is 0 Å². The number of hydrogen-bond acceptors (Lipinski definition) is 6. The molecule has 154 valence electrons. The van der Waals surface area contributed by atoms with Crippen molar-refractivity contribution in [2.24, 2.45) is 0 Å². The molecule has 1 aromatic carbocycles. The molecule has 1 aliphatic heterocycles. The van der Waals surface area contributed by atoms with Gasteiger partial charge in [-0.15, -0.1) is 4.98 Å². The van der Waals surface area contributed by atoms with E-state index >= 15 is 0 Å². The van der Waals surface area contributed by atoms with E-state index in [-0.39, 0.29) is 5.82 Å². The van der Waals surface area contributed by atoms with Gasteiger partial charge < -0.3 is 19.8 Å². The van der Waals surface area contributed by atoms with Crippen LogP contribution in [0.25, 0.3) is 16.1 Å². The lowest BCUT2D eigenvalue weighted by Crippen LogP contribution is -2.29. The third kappa shape index (κ3) is 4.22. The summed E-state index contributed by atoms with van der Waals surface area (Å²) < 4.78 is 5.67. The van der Waals surface area contributed by atoms with Gasteiger partial charge >= 0.3 is 0 Å². The number of aromatic amines is 1. The van der Waals surface area contributed by atoms with Gasteiger partial charge in [-0.1, -0.05) is 18.2 Å².